The molecule has 5 nitrogen and oxygen atoms in total. The number of halogens is 2. The topological polar surface area (TPSA) is 52.8 Å². The van der Waals surface area contributed by atoms with Crippen LogP contribution in [-0.4, -0.2) is 27.3 Å². The van der Waals surface area contributed by atoms with Crippen molar-refractivity contribution >= 4 is 11.6 Å². The maximum absolute atomic E-state index is 13.7. The Hall–Kier alpha value is -1.69. The van der Waals surface area contributed by atoms with Gasteiger partial charge in [0.05, 0.1) is 12.5 Å². The maximum Gasteiger partial charge on any atom is 0.174 e. The minimum atomic E-state index is -0.448. The van der Waals surface area contributed by atoms with Gasteiger partial charge in [0.2, 0.25) is 0 Å². The van der Waals surface area contributed by atoms with Gasteiger partial charge in [-0.05, 0) is 29.5 Å². The van der Waals surface area contributed by atoms with Crippen LogP contribution < -0.4 is 4.74 Å². The van der Waals surface area contributed by atoms with Crippen molar-refractivity contribution in [3.8, 4) is 11.4 Å². The van der Waals surface area contributed by atoms with Gasteiger partial charge >= 0.3 is 0 Å². The lowest BCUT2D eigenvalue weighted by atomic mass is 10.3. The predicted octanol–water partition coefficient (Wildman–Crippen LogP) is 2.11. The lowest BCUT2D eigenvalue weighted by Crippen LogP contribution is -2.06. The zero-order valence-corrected chi connectivity index (χ0v) is 10.0. The summed E-state index contributed by atoms with van der Waals surface area (Å²) in [4.78, 5) is 0. The molecule has 0 fully saturated rings. The largest absolute Gasteiger partial charge is 0.497 e. The Labute approximate surface area is 102 Å². The van der Waals surface area contributed by atoms with Gasteiger partial charge in [-0.25, -0.2) is 4.39 Å². The average Bonchev–Trinajstić information content (AvgIpc) is 2.78. The highest BCUT2D eigenvalue weighted by Crippen LogP contribution is 2.23. The van der Waals surface area contributed by atoms with Crippen LogP contribution in [0.4, 0.5) is 4.39 Å². The summed E-state index contributed by atoms with van der Waals surface area (Å²) in [5.41, 5.74) is 0.205. The molecule has 0 saturated carbocycles. The fourth-order valence-electron chi connectivity index (χ4n) is 1.40. The molecule has 0 saturated heterocycles. The smallest absolute Gasteiger partial charge is 0.174 e. The maximum atomic E-state index is 13.7. The fourth-order valence-corrected chi connectivity index (χ4v) is 1.53. The van der Waals surface area contributed by atoms with Crippen LogP contribution in [0.25, 0.3) is 5.69 Å². The Morgan fingerprint density at radius 1 is 1.47 bits per heavy atom. The second-order valence-electron chi connectivity index (χ2n) is 3.38. The average molecular weight is 257 g/mol. The van der Waals surface area contributed by atoms with Crippen LogP contribution in [0, 0.1) is 5.82 Å². The van der Waals surface area contributed by atoms with Gasteiger partial charge in [-0.15, -0.1) is 16.7 Å². The van der Waals surface area contributed by atoms with Crippen molar-refractivity contribution in [2.24, 2.45) is 0 Å². The van der Waals surface area contributed by atoms with Gasteiger partial charge in [-0.3, -0.25) is 0 Å². The number of ether oxygens (including phenoxy) is 1. The first kappa shape index (κ1) is 11.8. The molecule has 1 aromatic carbocycles. The minimum Gasteiger partial charge on any atom is -0.497 e. The first-order valence-electron chi connectivity index (χ1n) is 4.89. The highest BCUT2D eigenvalue weighted by molar-refractivity contribution is 6.20. The van der Waals surface area contributed by atoms with Crippen LogP contribution in [-0.2, 0) is 0 Å². The number of nitrogens with zero attached hydrogens (tertiary/aromatic N) is 4. The molecule has 17 heavy (non-hydrogen) atoms. The number of aromatic nitrogens is 4. The van der Waals surface area contributed by atoms with E-state index in [1.54, 1.807) is 6.92 Å². The number of alkyl halides is 1. The van der Waals surface area contributed by atoms with E-state index in [1.165, 1.54) is 30.0 Å². The summed E-state index contributed by atoms with van der Waals surface area (Å²) < 4.78 is 20.0. The molecular formula is C10H10ClFN4O. The van der Waals surface area contributed by atoms with Crippen LogP contribution in [0.3, 0.4) is 0 Å². The first-order valence-corrected chi connectivity index (χ1v) is 5.33. The van der Waals surface area contributed by atoms with Crippen LogP contribution in [0.2, 0.25) is 0 Å². The number of hydrogen-bond acceptors (Lipinski definition) is 4. The lowest BCUT2D eigenvalue weighted by molar-refractivity contribution is 0.413. The van der Waals surface area contributed by atoms with E-state index in [4.69, 9.17) is 16.3 Å². The third-order valence-electron chi connectivity index (χ3n) is 2.23. The summed E-state index contributed by atoms with van der Waals surface area (Å²) in [6.07, 6.45) is 0. The minimum absolute atomic E-state index is 0.205. The number of tetrazole rings is 1. The van der Waals surface area contributed by atoms with E-state index < -0.39 is 11.2 Å². The highest BCUT2D eigenvalue weighted by atomic mass is 35.5. The second kappa shape index (κ2) is 4.67. The first-order chi connectivity index (χ1) is 8.13. The molecule has 0 amide bonds. The van der Waals surface area contributed by atoms with Gasteiger partial charge in [0.15, 0.2) is 5.82 Å². The van der Waals surface area contributed by atoms with Crippen molar-refractivity contribution in [3.05, 3.63) is 29.8 Å². The van der Waals surface area contributed by atoms with E-state index in [-0.39, 0.29) is 5.69 Å². The summed E-state index contributed by atoms with van der Waals surface area (Å²) >= 11 is 5.91. The molecule has 1 aromatic heterocycles. The number of methoxy groups -OCH3 is 1. The van der Waals surface area contributed by atoms with E-state index in [1.807, 2.05) is 0 Å². The molecule has 0 aliphatic heterocycles. The fraction of sp³-hybridized carbons (Fsp3) is 0.300. The molecule has 1 heterocycles. The van der Waals surface area contributed by atoms with Crippen LogP contribution in [0.1, 0.15) is 18.1 Å². The van der Waals surface area contributed by atoms with E-state index in [2.05, 4.69) is 15.5 Å². The van der Waals surface area contributed by atoms with Crippen LogP contribution >= 0.6 is 11.6 Å². The van der Waals surface area contributed by atoms with Crippen LogP contribution in [0.15, 0.2) is 18.2 Å². The quantitative estimate of drug-likeness (QED) is 0.790. The van der Waals surface area contributed by atoms with Gasteiger partial charge in [0.25, 0.3) is 0 Å². The second-order valence-corrected chi connectivity index (χ2v) is 4.04. The molecule has 0 aliphatic carbocycles. The molecule has 2 rings (SSSR count). The number of rotatable bonds is 3. The summed E-state index contributed by atoms with van der Waals surface area (Å²) in [6.45, 7) is 1.71. The molecule has 0 radical (unpaired) electrons. The third-order valence-corrected chi connectivity index (χ3v) is 2.43. The molecule has 1 atom stereocenters. The van der Waals surface area contributed by atoms with Crippen molar-refractivity contribution in [3.63, 3.8) is 0 Å². The van der Waals surface area contributed by atoms with Crippen LogP contribution in [0.5, 0.6) is 5.75 Å². The van der Waals surface area contributed by atoms with Gasteiger partial charge < -0.3 is 4.74 Å². The number of hydrogen-bond donors (Lipinski definition) is 0. The molecule has 0 bridgehead atoms. The molecule has 0 aliphatic rings. The van der Waals surface area contributed by atoms with Crippen molar-refractivity contribution in [2.75, 3.05) is 7.11 Å². The molecule has 7 heteroatoms. The van der Waals surface area contributed by atoms with E-state index >= 15 is 0 Å². The van der Waals surface area contributed by atoms with Crippen molar-refractivity contribution < 1.29 is 9.13 Å². The zero-order valence-electron chi connectivity index (χ0n) is 9.26. The summed E-state index contributed by atoms with van der Waals surface area (Å²) in [7, 11) is 1.50. The van der Waals surface area contributed by atoms with Crippen molar-refractivity contribution in [1.82, 2.24) is 20.2 Å². The Morgan fingerprint density at radius 3 is 2.88 bits per heavy atom. The molecule has 2 aromatic rings. The standard InChI is InChI=1S/C10H10ClFN4O/c1-6(11)10-13-14-15-16(10)9-5-7(17-2)3-4-8(9)12/h3-6H,1-2H3. The molecule has 90 valence electrons. The van der Waals surface area contributed by atoms with Crippen molar-refractivity contribution in [2.45, 2.75) is 12.3 Å². The monoisotopic (exact) mass is 256 g/mol. The number of benzene rings is 1. The Kier molecular flexibility index (Phi) is 3.23. The van der Waals surface area contributed by atoms with Crippen molar-refractivity contribution in [1.29, 1.82) is 0 Å². The van der Waals surface area contributed by atoms with E-state index in [0.717, 1.165) is 0 Å². The Bertz CT molecular complexity index is 529. The zero-order chi connectivity index (χ0) is 12.4. The highest BCUT2D eigenvalue weighted by Gasteiger charge is 2.16. The molecular weight excluding hydrogens is 247 g/mol. The van der Waals surface area contributed by atoms with Gasteiger partial charge in [-0.2, -0.15) is 4.68 Å². The summed E-state index contributed by atoms with van der Waals surface area (Å²) in [6, 6.07) is 4.32. The normalized spacial score (nSPS) is 12.5. The Morgan fingerprint density at radius 2 is 2.24 bits per heavy atom. The predicted molar refractivity (Wildman–Crippen MR) is 59.9 cm³/mol. The van der Waals surface area contributed by atoms with Gasteiger partial charge in [-0.1, -0.05) is 0 Å². The Balaban J connectivity index is 2.55. The van der Waals surface area contributed by atoms with E-state index in [9.17, 15) is 4.39 Å². The summed E-state index contributed by atoms with van der Waals surface area (Å²) in [5, 5.41) is 10.5. The summed E-state index contributed by atoms with van der Waals surface area (Å²) in [5.74, 6) is 0.445. The molecule has 0 N–H and O–H groups in total. The lowest BCUT2D eigenvalue weighted by Gasteiger charge is -2.08. The molecule has 0 spiro atoms. The van der Waals surface area contributed by atoms with E-state index in [0.29, 0.717) is 11.6 Å². The van der Waals surface area contributed by atoms with Gasteiger partial charge in [0, 0.05) is 6.07 Å². The SMILES string of the molecule is COc1ccc(F)c(-n2nnnc2C(C)Cl)c1. The van der Waals surface area contributed by atoms with Gasteiger partial charge in [0.1, 0.15) is 17.3 Å². The molecule has 1 unspecified atom stereocenters. The third kappa shape index (κ3) is 2.21.